The number of amides is 3. The average molecular weight is 210 g/mol. The molecule has 0 unspecified atom stereocenters. The van der Waals surface area contributed by atoms with E-state index < -0.39 is 11.8 Å². The number of nitrogens with zero attached hydrogens (tertiary/aromatic N) is 2. The zero-order chi connectivity index (χ0) is 11.3. The van der Waals surface area contributed by atoms with Crippen LogP contribution in [0.3, 0.4) is 0 Å². The zero-order valence-electron chi connectivity index (χ0n) is 8.40. The van der Waals surface area contributed by atoms with Crippen molar-refractivity contribution in [2.24, 2.45) is 5.11 Å². The Morgan fingerprint density at radius 3 is 2.87 bits per heavy atom. The van der Waals surface area contributed by atoms with Crippen LogP contribution >= 0.6 is 0 Å². The fraction of sp³-hybridized carbons (Fsp3) is 0.444. The quantitative estimate of drug-likeness (QED) is 0.641. The summed E-state index contributed by atoms with van der Waals surface area (Å²) in [6.07, 6.45) is 2.99. The number of carbonyl (C=O) groups is 3. The molecule has 0 aromatic rings. The van der Waals surface area contributed by atoms with Crippen molar-refractivity contribution >= 4 is 17.7 Å². The van der Waals surface area contributed by atoms with E-state index in [0.29, 0.717) is 6.54 Å². The third-order valence-corrected chi connectivity index (χ3v) is 1.71. The predicted molar refractivity (Wildman–Crippen MR) is 50.0 cm³/mol. The molecule has 0 saturated heterocycles. The lowest BCUT2D eigenvalue weighted by atomic mass is 10.4. The molecule has 0 aromatic carbocycles. The highest BCUT2D eigenvalue weighted by Crippen LogP contribution is 1.94. The van der Waals surface area contributed by atoms with Crippen molar-refractivity contribution in [1.82, 2.24) is 5.32 Å². The van der Waals surface area contributed by atoms with Crippen LogP contribution in [-0.4, -0.2) is 35.5 Å². The highest BCUT2D eigenvalue weighted by atomic mass is 16.2. The van der Waals surface area contributed by atoms with Gasteiger partial charge in [0.25, 0.3) is 12.5 Å². The van der Waals surface area contributed by atoms with Crippen LogP contribution in [0.2, 0.25) is 0 Å². The Balaban J connectivity index is 2.54. The normalized spacial score (nSPS) is 15.1. The summed E-state index contributed by atoms with van der Waals surface area (Å²) in [7, 11) is 0. The molecule has 6 nitrogen and oxygen atoms in total. The van der Waals surface area contributed by atoms with Gasteiger partial charge in [0.1, 0.15) is 0 Å². The van der Waals surface area contributed by atoms with Gasteiger partial charge in [-0.3, -0.25) is 9.59 Å². The first-order chi connectivity index (χ1) is 7.13. The van der Waals surface area contributed by atoms with Crippen LogP contribution in [0, 0.1) is 0 Å². The maximum atomic E-state index is 11.2. The van der Waals surface area contributed by atoms with Gasteiger partial charge in [0.15, 0.2) is 0 Å². The van der Waals surface area contributed by atoms with Gasteiger partial charge in [-0.05, 0) is 11.1 Å². The molecule has 1 aliphatic rings. The number of nitrogens with one attached hydrogen (secondary N) is 1. The molecule has 0 aliphatic carbocycles. The van der Waals surface area contributed by atoms with Crippen molar-refractivity contribution in [2.75, 3.05) is 13.1 Å². The van der Waals surface area contributed by atoms with Crippen molar-refractivity contribution in [1.29, 1.82) is 0 Å². The first-order valence-corrected chi connectivity index (χ1v) is 4.65. The number of hydrogen-bond acceptors (Lipinski definition) is 3. The lowest BCUT2D eigenvalue weighted by Crippen LogP contribution is -2.35. The second kappa shape index (κ2) is 5.14. The zero-order valence-corrected chi connectivity index (χ0v) is 8.40. The molecule has 3 amide bonds. The summed E-state index contributed by atoms with van der Waals surface area (Å²) in [5.74, 6) is -1.31. The van der Waals surface area contributed by atoms with E-state index in [1.165, 1.54) is 0 Å². The topological polar surface area (TPSA) is 78.6 Å². The molecule has 1 aliphatic heterocycles. The molecule has 1 N–H and O–H groups in total. The van der Waals surface area contributed by atoms with Crippen LogP contribution in [0.25, 0.3) is 0 Å². The highest BCUT2D eigenvalue weighted by molar-refractivity contribution is 5.96. The van der Waals surface area contributed by atoms with Crippen LogP contribution in [0.15, 0.2) is 17.3 Å². The second-order valence-corrected chi connectivity index (χ2v) is 3.02. The van der Waals surface area contributed by atoms with E-state index in [1.807, 2.05) is 6.92 Å². The summed E-state index contributed by atoms with van der Waals surface area (Å²) in [6, 6.07) is 0. The number of carbonyl (C=O) groups excluding carboxylic acids is 3. The van der Waals surface area contributed by atoms with Gasteiger partial charge in [-0.1, -0.05) is 6.92 Å². The number of azo groups is 2. The van der Waals surface area contributed by atoms with Crippen molar-refractivity contribution in [3.05, 3.63) is 12.2 Å². The van der Waals surface area contributed by atoms with Crippen molar-refractivity contribution in [3.8, 4) is 0 Å². The van der Waals surface area contributed by atoms with Crippen LogP contribution in [0.4, 0.5) is 0 Å². The van der Waals surface area contributed by atoms with Crippen molar-refractivity contribution in [3.63, 3.8) is 0 Å². The molecule has 80 valence electrons. The molecular weight excluding hydrogens is 198 g/mol. The Morgan fingerprint density at radius 1 is 1.47 bits per heavy atom. The lowest BCUT2D eigenvalue weighted by Gasteiger charge is -2.00. The third-order valence-electron chi connectivity index (χ3n) is 1.71. The molecule has 0 radical (unpaired) electrons. The molecule has 0 fully saturated rings. The molecular formula is C9H12N3O3+. The van der Waals surface area contributed by atoms with Gasteiger partial charge in [0.05, 0.1) is 6.08 Å². The fourth-order valence-corrected chi connectivity index (χ4v) is 1.000. The smallest absolute Gasteiger partial charge is 0.351 e. The van der Waals surface area contributed by atoms with E-state index in [1.54, 1.807) is 0 Å². The van der Waals surface area contributed by atoms with Crippen molar-refractivity contribution < 1.29 is 19.1 Å². The van der Waals surface area contributed by atoms with Crippen LogP contribution in [0.1, 0.15) is 13.3 Å². The van der Waals surface area contributed by atoms with E-state index in [0.717, 1.165) is 23.3 Å². The summed E-state index contributed by atoms with van der Waals surface area (Å²) < 4.78 is 0.854. The Bertz CT molecular complexity index is 358. The molecule has 0 saturated carbocycles. The van der Waals surface area contributed by atoms with Gasteiger partial charge in [-0.25, -0.2) is 4.79 Å². The minimum absolute atomic E-state index is 0.213. The fourth-order valence-electron chi connectivity index (χ4n) is 1.000. The van der Waals surface area contributed by atoms with Gasteiger partial charge >= 0.3 is 11.8 Å². The summed E-state index contributed by atoms with van der Waals surface area (Å²) >= 11 is 0. The Hall–Kier alpha value is -1.85. The lowest BCUT2D eigenvalue weighted by molar-refractivity contribution is -0.495. The summed E-state index contributed by atoms with van der Waals surface area (Å²) in [6.45, 7) is 2.25. The first-order valence-electron chi connectivity index (χ1n) is 4.65. The summed E-state index contributed by atoms with van der Waals surface area (Å²) in [5.41, 5.74) is 0. The Labute approximate surface area is 86.7 Å². The first kappa shape index (κ1) is 11.2. The van der Waals surface area contributed by atoms with E-state index in [4.69, 9.17) is 0 Å². The van der Waals surface area contributed by atoms with Crippen LogP contribution < -0.4 is 5.32 Å². The molecule has 15 heavy (non-hydrogen) atoms. The minimum Gasteiger partial charge on any atom is -0.351 e. The maximum Gasteiger partial charge on any atom is 0.437 e. The second-order valence-electron chi connectivity index (χ2n) is 3.02. The van der Waals surface area contributed by atoms with Crippen molar-refractivity contribution in [2.45, 2.75) is 13.3 Å². The molecule has 0 bridgehead atoms. The summed E-state index contributed by atoms with van der Waals surface area (Å²) in [5, 5.41) is 6.00. The van der Waals surface area contributed by atoms with E-state index in [-0.39, 0.29) is 12.5 Å². The van der Waals surface area contributed by atoms with Gasteiger partial charge < -0.3 is 5.32 Å². The predicted octanol–water partition coefficient (Wildman–Crippen LogP) is -0.400. The Kier molecular flexibility index (Phi) is 3.84. The molecule has 1 heterocycles. The Morgan fingerprint density at radius 2 is 2.20 bits per heavy atom. The van der Waals surface area contributed by atoms with Gasteiger partial charge in [-0.2, -0.15) is 0 Å². The van der Waals surface area contributed by atoms with E-state index in [9.17, 15) is 14.4 Å². The largest absolute Gasteiger partial charge is 0.437 e. The molecule has 0 aromatic heterocycles. The standard InChI is InChI=1S/C9H11N3O3/c1-2-5-10-8(14)6-12-9(15)4-3-7(13)11-12/h3-4H,2,5-6H2,1H3/p+1. The van der Waals surface area contributed by atoms with Crippen LogP contribution in [-0.2, 0) is 14.4 Å². The number of hydrogen-bond donors (Lipinski definition) is 1. The van der Waals surface area contributed by atoms with E-state index in [2.05, 4.69) is 10.4 Å². The summed E-state index contributed by atoms with van der Waals surface area (Å²) in [4.78, 5) is 33.2. The van der Waals surface area contributed by atoms with Crippen LogP contribution in [0.5, 0.6) is 0 Å². The number of rotatable bonds is 4. The van der Waals surface area contributed by atoms with E-state index >= 15 is 0 Å². The molecule has 1 rings (SSSR count). The molecule has 0 atom stereocenters. The molecule has 0 spiro atoms. The van der Waals surface area contributed by atoms with Gasteiger partial charge in [0.2, 0.25) is 0 Å². The minimum atomic E-state index is -0.530. The van der Waals surface area contributed by atoms with Gasteiger partial charge in [0, 0.05) is 17.7 Å². The maximum absolute atomic E-state index is 11.2. The molecule has 6 heteroatoms. The monoisotopic (exact) mass is 210 g/mol. The third kappa shape index (κ3) is 3.41. The highest BCUT2D eigenvalue weighted by Gasteiger charge is 2.25. The van der Waals surface area contributed by atoms with Gasteiger partial charge in [-0.15, -0.1) is 0 Å². The average Bonchev–Trinajstić information content (AvgIpc) is 2.20. The SMILES string of the molecule is CCCNC(=O)C[N+]1=NC(=O)C=CC1=O.